The molecule has 0 saturated heterocycles. The van der Waals surface area contributed by atoms with Crippen LogP contribution >= 0.6 is 0 Å². The number of halogens is 3. The van der Waals surface area contributed by atoms with Crippen molar-refractivity contribution in [3.8, 4) is 0 Å². The van der Waals surface area contributed by atoms with Gasteiger partial charge in [0, 0.05) is 6.61 Å². The third-order valence-electron chi connectivity index (χ3n) is 9.11. The maximum atomic E-state index is 15.3. The van der Waals surface area contributed by atoms with Crippen molar-refractivity contribution in [2.45, 2.75) is 141 Å². The molecule has 1 nitrogen and oxygen atoms in total. The predicted octanol–water partition coefficient (Wildman–Crippen LogP) is 8.79. The van der Waals surface area contributed by atoms with Crippen molar-refractivity contribution < 1.29 is 17.9 Å². The van der Waals surface area contributed by atoms with Crippen LogP contribution in [0.1, 0.15) is 117 Å². The van der Waals surface area contributed by atoms with Crippen LogP contribution in [0.3, 0.4) is 0 Å². The van der Waals surface area contributed by atoms with Crippen molar-refractivity contribution >= 4 is 0 Å². The molecule has 7 atom stereocenters. The van der Waals surface area contributed by atoms with Gasteiger partial charge in [-0.1, -0.05) is 65.2 Å². The molecule has 0 spiro atoms. The maximum Gasteiger partial charge on any atom is 0.157 e. The highest BCUT2D eigenvalue weighted by atomic mass is 19.2. The first-order valence-corrected chi connectivity index (χ1v) is 14.1. The van der Waals surface area contributed by atoms with Crippen molar-refractivity contribution in [3.05, 3.63) is 0 Å². The molecule has 0 bridgehead atoms. The Morgan fingerprint density at radius 1 is 0.656 bits per heavy atom. The SMILES string of the molecule is CCCCCCC1CCC(C2CCC(C3CCC(OCCCC)C(F)C3F)CC2F)CC1. The van der Waals surface area contributed by atoms with E-state index in [9.17, 15) is 8.78 Å². The number of unbranched alkanes of at least 4 members (excludes halogenated alkanes) is 4. The number of hydrogen-bond donors (Lipinski definition) is 0. The van der Waals surface area contributed by atoms with Gasteiger partial charge in [0.1, 0.15) is 12.3 Å². The summed E-state index contributed by atoms with van der Waals surface area (Å²) in [5.41, 5.74) is 0. The number of ether oxygens (including phenoxy) is 1. The van der Waals surface area contributed by atoms with Crippen LogP contribution in [-0.2, 0) is 4.74 Å². The third kappa shape index (κ3) is 7.12. The standard InChI is InChI=1S/C28H49F3O/c1-3-5-7-8-9-20-10-12-21(13-11-20)23-15-14-22(19-25(23)29)24-16-17-26(28(31)27(24)30)32-18-6-4-2/h20-28H,3-19H2,1-2H3. The monoisotopic (exact) mass is 458 g/mol. The van der Waals surface area contributed by atoms with Crippen LogP contribution in [0.5, 0.6) is 0 Å². The maximum absolute atomic E-state index is 15.3. The van der Waals surface area contributed by atoms with Crippen LogP contribution in [-0.4, -0.2) is 31.2 Å². The average Bonchev–Trinajstić information content (AvgIpc) is 2.80. The minimum Gasteiger partial charge on any atom is -0.375 e. The second-order valence-electron chi connectivity index (χ2n) is 11.3. The molecule has 3 aliphatic rings. The number of alkyl halides is 3. The summed E-state index contributed by atoms with van der Waals surface area (Å²) in [7, 11) is 0. The smallest absolute Gasteiger partial charge is 0.157 e. The summed E-state index contributed by atoms with van der Waals surface area (Å²) in [5, 5.41) is 0. The lowest BCUT2D eigenvalue weighted by atomic mass is 9.64. The molecule has 3 fully saturated rings. The number of hydrogen-bond acceptors (Lipinski definition) is 1. The fraction of sp³-hybridized carbons (Fsp3) is 1.00. The van der Waals surface area contributed by atoms with Gasteiger partial charge in [0.2, 0.25) is 0 Å². The minimum absolute atomic E-state index is 0.000923. The average molecular weight is 459 g/mol. The summed E-state index contributed by atoms with van der Waals surface area (Å²) in [4.78, 5) is 0. The van der Waals surface area contributed by atoms with Gasteiger partial charge in [-0.2, -0.15) is 0 Å². The van der Waals surface area contributed by atoms with Gasteiger partial charge in [-0.3, -0.25) is 0 Å². The molecular weight excluding hydrogens is 409 g/mol. The molecule has 3 aliphatic carbocycles. The molecular formula is C28H49F3O. The molecule has 0 aliphatic heterocycles. The van der Waals surface area contributed by atoms with E-state index in [1.54, 1.807) is 0 Å². The zero-order valence-corrected chi connectivity index (χ0v) is 20.8. The molecule has 0 aromatic carbocycles. The van der Waals surface area contributed by atoms with E-state index in [2.05, 4.69) is 13.8 Å². The molecule has 3 rings (SSSR count). The third-order valence-corrected chi connectivity index (χ3v) is 9.11. The Morgan fingerprint density at radius 2 is 1.34 bits per heavy atom. The Balaban J connectivity index is 1.41. The first-order valence-electron chi connectivity index (χ1n) is 14.1. The van der Waals surface area contributed by atoms with E-state index in [0.29, 0.717) is 31.8 Å². The zero-order chi connectivity index (χ0) is 22.9. The summed E-state index contributed by atoms with van der Waals surface area (Å²) in [6.45, 7) is 4.83. The van der Waals surface area contributed by atoms with Crippen molar-refractivity contribution in [2.75, 3.05) is 6.61 Å². The van der Waals surface area contributed by atoms with Crippen LogP contribution in [0.15, 0.2) is 0 Å². The first-order chi connectivity index (χ1) is 15.5. The summed E-state index contributed by atoms with van der Waals surface area (Å²) in [6.07, 6.45) is 12.4. The van der Waals surface area contributed by atoms with Crippen LogP contribution in [0.2, 0.25) is 0 Å². The highest BCUT2D eigenvalue weighted by molar-refractivity contribution is 4.96. The molecule has 0 aromatic heterocycles. The quantitative estimate of drug-likeness (QED) is 0.281. The Morgan fingerprint density at radius 3 is 2.03 bits per heavy atom. The Kier molecular flexibility index (Phi) is 11.2. The van der Waals surface area contributed by atoms with Crippen molar-refractivity contribution in [1.29, 1.82) is 0 Å². The van der Waals surface area contributed by atoms with E-state index in [1.165, 1.54) is 57.8 Å². The highest BCUT2D eigenvalue weighted by Crippen LogP contribution is 2.48. The summed E-state index contributed by atoms with van der Waals surface area (Å²) >= 11 is 0. The summed E-state index contributed by atoms with van der Waals surface area (Å²) < 4.78 is 50.6. The molecule has 0 amide bonds. The van der Waals surface area contributed by atoms with Gasteiger partial charge in [0.05, 0.1) is 6.10 Å². The Labute approximate surface area is 195 Å². The van der Waals surface area contributed by atoms with Gasteiger partial charge in [0.15, 0.2) is 6.17 Å². The summed E-state index contributed by atoms with van der Waals surface area (Å²) in [6, 6.07) is 0. The van der Waals surface area contributed by atoms with E-state index in [4.69, 9.17) is 4.74 Å². The van der Waals surface area contributed by atoms with Gasteiger partial charge in [0.25, 0.3) is 0 Å². The topological polar surface area (TPSA) is 9.23 Å². The van der Waals surface area contributed by atoms with E-state index in [1.807, 2.05) is 0 Å². The lowest BCUT2D eigenvalue weighted by Crippen LogP contribution is -2.47. The van der Waals surface area contributed by atoms with Gasteiger partial charge in [-0.05, 0) is 81.0 Å². The van der Waals surface area contributed by atoms with Crippen LogP contribution in [0.4, 0.5) is 13.2 Å². The van der Waals surface area contributed by atoms with Crippen LogP contribution in [0.25, 0.3) is 0 Å². The lowest BCUT2D eigenvalue weighted by Gasteiger charge is -2.44. The van der Waals surface area contributed by atoms with Crippen LogP contribution < -0.4 is 0 Å². The largest absolute Gasteiger partial charge is 0.375 e. The fourth-order valence-electron chi connectivity index (χ4n) is 7.02. The second kappa shape index (κ2) is 13.6. The molecule has 32 heavy (non-hydrogen) atoms. The van der Waals surface area contributed by atoms with Gasteiger partial charge in [-0.25, -0.2) is 13.2 Å². The molecule has 0 N–H and O–H groups in total. The molecule has 0 heterocycles. The van der Waals surface area contributed by atoms with Crippen molar-refractivity contribution in [2.24, 2.45) is 29.6 Å². The summed E-state index contributed by atoms with van der Waals surface area (Å²) in [5.74, 6) is 1.19. The lowest BCUT2D eigenvalue weighted by molar-refractivity contribution is -0.0925. The minimum atomic E-state index is -1.55. The predicted molar refractivity (Wildman–Crippen MR) is 127 cm³/mol. The molecule has 0 radical (unpaired) electrons. The van der Waals surface area contributed by atoms with Gasteiger partial charge in [-0.15, -0.1) is 0 Å². The molecule has 188 valence electrons. The van der Waals surface area contributed by atoms with E-state index in [0.717, 1.165) is 31.6 Å². The molecule has 3 saturated carbocycles. The first kappa shape index (κ1) is 26.4. The molecule has 0 aromatic rings. The van der Waals surface area contributed by atoms with Crippen molar-refractivity contribution in [3.63, 3.8) is 0 Å². The second-order valence-corrected chi connectivity index (χ2v) is 11.3. The van der Waals surface area contributed by atoms with E-state index in [-0.39, 0.29) is 17.8 Å². The van der Waals surface area contributed by atoms with E-state index < -0.39 is 24.6 Å². The molecule has 4 heteroatoms. The van der Waals surface area contributed by atoms with Crippen LogP contribution in [0, 0.1) is 29.6 Å². The van der Waals surface area contributed by atoms with E-state index >= 15 is 4.39 Å². The molecule has 7 unspecified atom stereocenters. The fourth-order valence-corrected chi connectivity index (χ4v) is 7.02. The normalized spacial score (nSPS) is 41.0. The zero-order valence-electron chi connectivity index (χ0n) is 20.8. The Hall–Kier alpha value is -0.250. The number of rotatable bonds is 11. The van der Waals surface area contributed by atoms with Gasteiger partial charge < -0.3 is 4.74 Å². The van der Waals surface area contributed by atoms with Gasteiger partial charge >= 0.3 is 0 Å². The Bertz CT molecular complexity index is 507. The van der Waals surface area contributed by atoms with Crippen molar-refractivity contribution in [1.82, 2.24) is 0 Å². The highest BCUT2D eigenvalue weighted by Gasteiger charge is 2.47.